The minimum absolute atomic E-state index is 0.0616. The van der Waals surface area contributed by atoms with Crippen LogP contribution in [-0.4, -0.2) is 43.0 Å². The lowest BCUT2D eigenvalue weighted by Gasteiger charge is -2.27. The number of hydrogen-bond donors (Lipinski definition) is 1. The average molecular weight is 352 g/mol. The number of aryl methyl sites for hydroxylation is 1. The van der Waals surface area contributed by atoms with Crippen molar-refractivity contribution in [1.82, 2.24) is 4.90 Å². The van der Waals surface area contributed by atoms with Gasteiger partial charge in [0.1, 0.15) is 0 Å². The number of nitrogens with one attached hydrogen (secondary N) is 1. The van der Waals surface area contributed by atoms with Gasteiger partial charge in [-0.05, 0) is 30.5 Å². The summed E-state index contributed by atoms with van der Waals surface area (Å²) in [6, 6.07) is 17.3. The highest BCUT2D eigenvalue weighted by atomic mass is 16.5. The number of amides is 2. The molecule has 1 N–H and O–H groups in total. The third kappa shape index (κ3) is 4.92. The summed E-state index contributed by atoms with van der Waals surface area (Å²) < 4.78 is 5.30. The van der Waals surface area contributed by atoms with Crippen LogP contribution in [0.5, 0.6) is 0 Å². The summed E-state index contributed by atoms with van der Waals surface area (Å²) in [4.78, 5) is 26.8. The van der Waals surface area contributed by atoms with Crippen LogP contribution in [0.25, 0.3) is 0 Å². The van der Waals surface area contributed by atoms with E-state index in [1.54, 1.807) is 17.0 Å². The van der Waals surface area contributed by atoms with Crippen LogP contribution in [0.3, 0.4) is 0 Å². The standard InChI is InChI=1S/C21H24N2O3/c24-20(12-6-9-17-7-2-1-3-8-17)22-19-11-5-4-10-18(19)21(25)23-13-15-26-16-14-23/h1-5,7-8,10-11H,6,9,12-16H2,(H,22,24). The van der Waals surface area contributed by atoms with Gasteiger partial charge in [-0.2, -0.15) is 0 Å². The Bertz CT molecular complexity index is 740. The highest BCUT2D eigenvalue weighted by Crippen LogP contribution is 2.19. The van der Waals surface area contributed by atoms with Crippen LogP contribution in [0.4, 0.5) is 5.69 Å². The normalized spacial score (nSPS) is 14.1. The van der Waals surface area contributed by atoms with Crippen molar-refractivity contribution in [2.24, 2.45) is 0 Å². The zero-order valence-corrected chi connectivity index (χ0v) is 14.8. The minimum atomic E-state index is -0.0665. The van der Waals surface area contributed by atoms with Gasteiger partial charge in [0.05, 0.1) is 24.5 Å². The maximum Gasteiger partial charge on any atom is 0.256 e. The molecule has 0 aliphatic carbocycles. The predicted octanol–water partition coefficient (Wildman–Crippen LogP) is 3.12. The fourth-order valence-electron chi connectivity index (χ4n) is 3.03. The molecule has 0 saturated carbocycles. The minimum Gasteiger partial charge on any atom is -0.378 e. The molecule has 3 rings (SSSR count). The largest absolute Gasteiger partial charge is 0.378 e. The van der Waals surface area contributed by atoms with Gasteiger partial charge in [0.2, 0.25) is 5.91 Å². The van der Waals surface area contributed by atoms with Crippen LogP contribution >= 0.6 is 0 Å². The molecule has 2 aromatic rings. The monoisotopic (exact) mass is 352 g/mol. The van der Waals surface area contributed by atoms with E-state index < -0.39 is 0 Å². The van der Waals surface area contributed by atoms with Crippen LogP contribution in [0.1, 0.15) is 28.8 Å². The number of carbonyl (C=O) groups excluding carboxylic acids is 2. The third-order valence-corrected chi connectivity index (χ3v) is 4.44. The second kappa shape index (κ2) is 9.15. The van der Waals surface area contributed by atoms with Gasteiger partial charge in [0, 0.05) is 19.5 Å². The molecule has 0 unspecified atom stereocenters. The van der Waals surface area contributed by atoms with E-state index in [1.807, 2.05) is 30.3 Å². The first-order chi connectivity index (χ1) is 12.7. The molecule has 5 heteroatoms. The maximum absolute atomic E-state index is 12.7. The molecule has 26 heavy (non-hydrogen) atoms. The van der Waals surface area contributed by atoms with Gasteiger partial charge in [0.25, 0.3) is 5.91 Å². The first-order valence-corrected chi connectivity index (χ1v) is 9.04. The maximum atomic E-state index is 12.7. The fraction of sp³-hybridized carbons (Fsp3) is 0.333. The number of ether oxygens (including phenoxy) is 1. The Labute approximate surface area is 154 Å². The van der Waals surface area contributed by atoms with Crippen molar-refractivity contribution in [1.29, 1.82) is 0 Å². The van der Waals surface area contributed by atoms with Crippen molar-refractivity contribution in [3.05, 3.63) is 65.7 Å². The fourth-order valence-corrected chi connectivity index (χ4v) is 3.03. The summed E-state index contributed by atoms with van der Waals surface area (Å²) in [6.07, 6.45) is 2.06. The van der Waals surface area contributed by atoms with Gasteiger partial charge in [-0.25, -0.2) is 0 Å². The molecule has 2 amide bonds. The van der Waals surface area contributed by atoms with Crippen molar-refractivity contribution in [3.63, 3.8) is 0 Å². The number of anilines is 1. The van der Waals surface area contributed by atoms with Crippen LogP contribution in [0.2, 0.25) is 0 Å². The van der Waals surface area contributed by atoms with E-state index in [-0.39, 0.29) is 11.8 Å². The Hall–Kier alpha value is -2.66. The van der Waals surface area contributed by atoms with Gasteiger partial charge in [-0.3, -0.25) is 9.59 Å². The van der Waals surface area contributed by atoms with Gasteiger partial charge >= 0.3 is 0 Å². The van der Waals surface area contributed by atoms with E-state index in [1.165, 1.54) is 5.56 Å². The Balaban J connectivity index is 1.57. The van der Waals surface area contributed by atoms with Gasteiger partial charge in [-0.15, -0.1) is 0 Å². The van der Waals surface area contributed by atoms with E-state index >= 15 is 0 Å². The van der Waals surface area contributed by atoms with E-state index in [0.717, 1.165) is 12.8 Å². The molecule has 1 heterocycles. The van der Waals surface area contributed by atoms with Gasteiger partial charge < -0.3 is 15.0 Å². The molecule has 0 aromatic heterocycles. The molecule has 136 valence electrons. The number of hydrogen-bond acceptors (Lipinski definition) is 3. The first kappa shape index (κ1) is 18.1. The van der Waals surface area contributed by atoms with E-state index in [2.05, 4.69) is 17.4 Å². The molecule has 0 spiro atoms. The molecular formula is C21H24N2O3. The van der Waals surface area contributed by atoms with Crippen LogP contribution in [0, 0.1) is 0 Å². The zero-order valence-electron chi connectivity index (χ0n) is 14.8. The number of benzene rings is 2. The average Bonchev–Trinajstić information content (AvgIpc) is 2.69. The van der Waals surface area contributed by atoms with Crippen molar-refractivity contribution in [2.45, 2.75) is 19.3 Å². The van der Waals surface area contributed by atoms with E-state index in [9.17, 15) is 9.59 Å². The SMILES string of the molecule is O=C(CCCc1ccccc1)Nc1ccccc1C(=O)N1CCOCC1. The topological polar surface area (TPSA) is 58.6 Å². The molecular weight excluding hydrogens is 328 g/mol. The summed E-state index contributed by atoms with van der Waals surface area (Å²) in [5.41, 5.74) is 2.34. The van der Waals surface area contributed by atoms with Gasteiger partial charge in [0.15, 0.2) is 0 Å². The lowest BCUT2D eigenvalue weighted by atomic mass is 10.1. The number of rotatable bonds is 6. The molecule has 2 aromatic carbocycles. The van der Waals surface area contributed by atoms with E-state index in [0.29, 0.717) is 44.0 Å². The highest BCUT2D eigenvalue weighted by Gasteiger charge is 2.21. The second-order valence-electron chi connectivity index (χ2n) is 6.34. The first-order valence-electron chi connectivity index (χ1n) is 9.04. The molecule has 5 nitrogen and oxygen atoms in total. The van der Waals surface area contributed by atoms with Gasteiger partial charge in [-0.1, -0.05) is 42.5 Å². The highest BCUT2D eigenvalue weighted by molar-refractivity contribution is 6.03. The molecule has 1 aliphatic heterocycles. The Morgan fingerprint density at radius 1 is 0.962 bits per heavy atom. The number of morpholine rings is 1. The second-order valence-corrected chi connectivity index (χ2v) is 6.34. The summed E-state index contributed by atoms with van der Waals surface area (Å²) in [7, 11) is 0. The van der Waals surface area contributed by atoms with Crippen molar-refractivity contribution in [3.8, 4) is 0 Å². The Morgan fingerprint density at radius 3 is 2.42 bits per heavy atom. The Kier molecular flexibility index (Phi) is 6.39. The molecule has 1 fully saturated rings. The lowest BCUT2D eigenvalue weighted by molar-refractivity contribution is -0.116. The third-order valence-electron chi connectivity index (χ3n) is 4.44. The van der Waals surface area contributed by atoms with Crippen LogP contribution in [-0.2, 0) is 16.0 Å². The molecule has 0 radical (unpaired) electrons. The molecule has 1 saturated heterocycles. The van der Waals surface area contributed by atoms with Crippen molar-refractivity contribution >= 4 is 17.5 Å². The van der Waals surface area contributed by atoms with Crippen LogP contribution < -0.4 is 5.32 Å². The van der Waals surface area contributed by atoms with Crippen molar-refractivity contribution in [2.75, 3.05) is 31.6 Å². The summed E-state index contributed by atoms with van der Waals surface area (Å²) in [5.74, 6) is -0.128. The number of nitrogens with zero attached hydrogens (tertiary/aromatic N) is 1. The number of para-hydroxylation sites is 1. The molecule has 1 aliphatic rings. The summed E-state index contributed by atoms with van der Waals surface area (Å²) in [6.45, 7) is 2.27. The van der Waals surface area contributed by atoms with Crippen LogP contribution in [0.15, 0.2) is 54.6 Å². The predicted molar refractivity (Wildman–Crippen MR) is 101 cm³/mol. The summed E-state index contributed by atoms with van der Waals surface area (Å²) >= 11 is 0. The molecule has 0 atom stereocenters. The number of carbonyl (C=O) groups is 2. The lowest BCUT2D eigenvalue weighted by Crippen LogP contribution is -2.41. The summed E-state index contributed by atoms with van der Waals surface area (Å²) in [5, 5.41) is 2.90. The van der Waals surface area contributed by atoms with Crippen molar-refractivity contribution < 1.29 is 14.3 Å². The molecule has 0 bridgehead atoms. The Morgan fingerprint density at radius 2 is 1.65 bits per heavy atom. The zero-order chi connectivity index (χ0) is 18.2. The van der Waals surface area contributed by atoms with E-state index in [4.69, 9.17) is 4.74 Å². The quantitative estimate of drug-likeness (QED) is 0.869. The smallest absolute Gasteiger partial charge is 0.256 e.